The number of hydrogen-bond acceptors (Lipinski definition) is 6. The van der Waals surface area contributed by atoms with Crippen LogP contribution in [0.15, 0.2) is 22.8 Å². The molecule has 2 unspecified atom stereocenters. The van der Waals surface area contributed by atoms with E-state index in [0.717, 1.165) is 0 Å². The Balaban J connectivity index is 2.03. The quantitative estimate of drug-likeness (QED) is 0.432. The van der Waals surface area contributed by atoms with Crippen molar-refractivity contribution in [1.29, 1.82) is 0 Å². The molecule has 0 saturated carbocycles. The summed E-state index contributed by atoms with van der Waals surface area (Å²) in [6.07, 6.45) is -0.441. The highest BCUT2D eigenvalue weighted by atomic mass is 16.5. The van der Waals surface area contributed by atoms with E-state index >= 15 is 0 Å². The van der Waals surface area contributed by atoms with E-state index in [9.17, 15) is 9.90 Å². The largest absolute Gasteiger partial charge is 0.467 e. The molecular formula is C11H18N2O5. The third-order valence-electron chi connectivity index (χ3n) is 2.18. The number of ether oxygens (including phenoxy) is 1. The van der Waals surface area contributed by atoms with Gasteiger partial charge in [0.15, 0.2) is 0 Å². The lowest BCUT2D eigenvalue weighted by atomic mass is 10.3. The lowest BCUT2D eigenvalue weighted by Crippen LogP contribution is -2.40. The average Bonchev–Trinajstić information content (AvgIpc) is 2.81. The number of nitrogens with one attached hydrogen (secondary N) is 1. The number of nitrogens with two attached hydrogens (primary N) is 1. The molecule has 0 fully saturated rings. The Labute approximate surface area is 105 Å². The number of carbonyl (C=O) groups excluding carboxylic acids is 1. The van der Waals surface area contributed by atoms with Crippen LogP contribution in [0.1, 0.15) is 5.76 Å². The van der Waals surface area contributed by atoms with E-state index in [0.29, 0.717) is 5.76 Å². The van der Waals surface area contributed by atoms with Gasteiger partial charge in [0.1, 0.15) is 18.5 Å². The van der Waals surface area contributed by atoms with E-state index < -0.39 is 18.1 Å². The highest BCUT2D eigenvalue weighted by molar-refractivity contribution is 5.78. The van der Waals surface area contributed by atoms with Crippen molar-refractivity contribution in [3.05, 3.63) is 24.2 Å². The standard InChI is InChI=1S/C11H18N2O5/c12-11(16)10(15)5-13-4-8(14)6-17-7-9-2-1-3-18-9/h1-3,8,10,13-15H,4-7H2,(H2,12,16). The predicted molar refractivity (Wildman–Crippen MR) is 62.4 cm³/mol. The molecule has 1 rings (SSSR count). The molecular weight excluding hydrogens is 240 g/mol. The minimum Gasteiger partial charge on any atom is -0.467 e. The molecule has 7 heteroatoms. The Morgan fingerprint density at radius 2 is 2.28 bits per heavy atom. The number of amides is 1. The number of aliphatic hydroxyl groups is 2. The summed E-state index contributed by atoms with van der Waals surface area (Å²) in [4.78, 5) is 10.5. The summed E-state index contributed by atoms with van der Waals surface area (Å²) in [5.41, 5.74) is 4.86. The van der Waals surface area contributed by atoms with Crippen molar-refractivity contribution in [2.24, 2.45) is 5.73 Å². The van der Waals surface area contributed by atoms with Gasteiger partial charge in [-0.2, -0.15) is 0 Å². The molecule has 0 aliphatic rings. The van der Waals surface area contributed by atoms with Gasteiger partial charge in [-0.3, -0.25) is 4.79 Å². The van der Waals surface area contributed by atoms with Crippen LogP contribution in [-0.2, 0) is 16.1 Å². The van der Waals surface area contributed by atoms with Crippen molar-refractivity contribution >= 4 is 5.91 Å². The van der Waals surface area contributed by atoms with Crippen molar-refractivity contribution < 1.29 is 24.2 Å². The first-order valence-corrected chi connectivity index (χ1v) is 5.56. The van der Waals surface area contributed by atoms with Crippen LogP contribution in [0.5, 0.6) is 0 Å². The third kappa shape index (κ3) is 5.78. The van der Waals surface area contributed by atoms with E-state index in [-0.39, 0.29) is 26.3 Å². The van der Waals surface area contributed by atoms with Gasteiger partial charge in [0.2, 0.25) is 5.91 Å². The van der Waals surface area contributed by atoms with Gasteiger partial charge in [-0.25, -0.2) is 0 Å². The fourth-order valence-electron chi connectivity index (χ4n) is 1.24. The molecule has 0 spiro atoms. The minimum absolute atomic E-state index is 0.00454. The van der Waals surface area contributed by atoms with E-state index in [1.165, 1.54) is 0 Å². The van der Waals surface area contributed by atoms with Crippen LogP contribution in [0.4, 0.5) is 0 Å². The maximum atomic E-state index is 10.5. The summed E-state index contributed by atoms with van der Waals surface area (Å²) in [6, 6.07) is 3.52. The number of primary amides is 1. The SMILES string of the molecule is NC(=O)C(O)CNCC(O)COCc1ccco1. The second kappa shape index (κ2) is 7.83. The number of rotatable bonds is 9. The fraction of sp³-hybridized carbons (Fsp3) is 0.545. The molecule has 0 radical (unpaired) electrons. The Bertz CT molecular complexity index is 341. The van der Waals surface area contributed by atoms with Crippen LogP contribution >= 0.6 is 0 Å². The molecule has 0 aromatic carbocycles. The van der Waals surface area contributed by atoms with Crippen LogP contribution in [0.2, 0.25) is 0 Å². The summed E-state index contributed by atoms with van der Waals surface area (Å²) >= 11 is 0. The summed E-state index contributed by atoms with van der Waals surface area (Å²) in [6.45, 7) is 0.613. The van der Waals surface area contributed by atoms with Crippen molar-refractivity contribution in [2.75, 3.05) is 19.7 Å². The highest BCUT2D eigenvalue weighted by Crippen LogP contribution is 2.01. The zero-order valence-electron chi connectivity index (χ0n) is 9.91. The topological polar surface area (TPSA) is 118 Å². The first-order valence-electron chi connectivity index (χ1n) is 5.56. The molecule has 0 saturated heterocycles. The molecule has 0 bridgehead atoms. The molecule has 7 nitrogen and oxygen atoms in total. The molecule has 2 atom stereocenters. The molecule has 1 heterocycles. The van der Waals surface area contributed by atoms with Gasteiger partial charge in [0.25, 0.3) is 0 Å². The second-order valence-corrected chi connectivity index (χ2v) is 3.82. The van der Waals surface area contributed by atoms with Gasteiger partial charge in [-0.15, -0.1) is 0 Å². The average molecular weight is 258 g/mol. The lowest BCUT2D eigenvalue weighted by molar-refractivity contribution is -0.125. The number of furan rings is 1. The van der Waals surface area contributed by atoms with Gasteiger partial charge in [0, 0.05) is 13.1 Å². The third-order valence-corrected chi connectivity index (χ3v) is 2.18. The maximum Gasteiger partial charge on any atom is 0.247 e. The molecule has 5 N–H and O–H groups in total. The van der Waals surface area contributed by atoms with Gasteiger partial charge < -0.3 is 30.4 Å². The molecule has 102 valence electrons. The Morgan fingerprint density at radius 1 is 1.50 bits per heavy atom. The lowest BCUT2D eigenvalue weighted by Gasteiger charge is -2.13. The number of aliphatic hydroxyl groups excluding tert-OH is 2. The molecule has 0 aliphatic carbocycles. The van der Waals surface area contributed by atoms with Crippen molar-refractivity contribution in [1.82, 2.24) is 5.32 Å². The summed E-state index contributed by atoms with van der Waals surface area (Å²) < 4.78 is 10.3. The van der Waals surface area contributed by atoms with Gasteiger partial charge >= 0.3 is 0 Å². The zero-order chi connectivity index (χ0) is 13.4. The van der Waals surface area contributed by atoms with Gasteiger partial charge in [-0.1, -0.05) is 0 Å². The molecule has 1 aromatic heterocycles. The Hall–Kier alpha value is -1.41. The number of carbonyl (C=O) groups is 1. The summed E-state index contributed by atoms with van der Waals surface area (Å²) in [5, 5.41) is 21.3. The fourth-order valence-corrected chi connectivity index (χ4v) is 1.24. The molecule has 0 aliphatic heterocycles. The van der Waals surface area contributed by atoms with Crippen molar-refractivity contribution in [3.8, 4) is 0 Å². The van der Waals surface area contributed by atoms with E-state index in [1.807, 2.05) is 0 Å². The normalized spacial score (nSPS) is 14.3. The summed E-state index contributed by atoms with van der Waals surface area (Å²) in [7, 11) is 0. The Morgan fingerprint density at radius 3 is 2.89 bits per heavy atom. The summed E-state index contributed by atoms with van der Waals surface area (Å²) in [5.74, 6) is -0.120. The molecule has 1 aromatic rings. The first-order chi connectivity index (χ1) is 8.59. The van der Waals surface area contributed by atoms with Gasteiger partial charge in [-0.05, 0) is 12.1 Å². The highest BCUT2D eigenvalue weighted by Gasteiger charge is 2.11. The van der Waals surface area contributed by atoms with Gasteiger partial charge in [0.05, 0.1) is 19.0 Å². The van der Waals surface area contributed by atoms with E-state index in [2.05, 4.69) is 5.32 Å². The van der Waals surface area contributed by atoms with Crippen LogP contribution in [0.25, 0.3) is 0 Å². The smallest absolute Gasteiger partial charge is 0.247 e. The van der Waals surface area contributed by atoms with Crippen LogP contribution < -0.4 is 11.1 Å². The minimum atomic E-state index is -1.25. The van der Waals surface area contributed by atoms with Crippen LogP contribution in [0, 0.1) is 0 Å². The van der Waals surface area contributed by atoms with Crippen LogP contribution in [0.3, 0.4) is 0 Å². The second-order valence-electron chi connectivity index (χ2n) is 3.82. The van der Waals surface area contributed by atoms with Crippen molar-refractivity contribution in [3.63, 3.8) is 0 Å². The first kappa shape index (κ1) is 14.7. The molecule has 18 heavy (non-hydrogen) atoms. The molecule has 1 amide bonds. The monoisotopic (exact) mass is 258 g/mol. The van der Waals surface area contributed by atoms with E-state index in [1.54, 1.807) is 18.4 Å². The number of hydrogen-bond donors (Lipinski definition) is 4. The van der Waals surface area contributed by atoms with E-state index in [4.69, 9.17) is 20.0 Å². The Kier molecular flexibility index (Phi) is 6.37. The predicted octanol–water partition coefficient (Wildman–Crippen LogP) is -1.41. The van der Waals surface area contributed by atoms with Crippen LogP contribution in [-0.4, -0.2) is 48.0 Å². The maximum absolute atomic E-state index is 10.5. The zero-order valence-corrected chi connectivity index (χ0v) is 9.91. The van der Waals surface area contributed by atoms with Crippen molar-refractivity contribution in [2.45, 2.75) is 18.8 Å².